The standard InChI is InChI=1S/C41H43F3N2O8.C3H8/c1-6-34(46-35(47)25-29-15-12-13-20-32(29)28-16-14-19-31(22-21-28)41(42,43)44)33(37(49)45-5)23-27(4)24-36(48)54-26-40(38(50)52-7-2,39(51)53-8-3)30-17-10-9-11-18-30;1-3-2/h6,9-18,20-23H,1,7-8,19,24-26H2,2-5H3,(H,45,49)(H,46,47);3H2,1-2H3/b27-23+,34-33-;. The summed E-state index contributed by atoms with van der Waals surface area (Å²) in [5, 5.41) is 5.16. The minimum absolute atomic E-state index is 0.0172. The molecular weight excluding hydrogens is 741 g/mol. The van der Waals surface area contributed by atoms with E-state index < -0.39 is 53.5 Å². The first-order valence-corrected chi connectivity index (χ1v) is 18.5. The SMILES string of the molecule is C=C/C(NC(=O)Cc1ccccc1C1=CC=C(C(F)(F)F)CC=C1)=C(\C=C(/C)CC(=O)OCC(C(=O)OCC)(C(=O)OCC)c1ccccc1)C(=O)NC.CCC. The molecule has 0 unspecified atom stereocenters. The maximum atomic E-state index is 13.4. The first-order valence-electron chi connectivity index (χ1n) is 18.5. The molecule has 0 fully saturated rings. The van der Waals surface area contributed by atoms with Crippen molar-refractivity contribution in [2.75, 3.05) is 26.9 Å². The Morgan fingerprint density at radius 1 is 0.860 bits per heavy atom. The largest absolute Gasteiger partial charge is 0.465 e. The molecule has 13 heteroatoms. The summed E-state index contributed by atoms with van der Waals surface area (Å²) in [6.07, 6.45) is 3.88. The second-order valence-electron chi connectivity index (χ2n) is 12.7. The number of esters is 3. The van der Waals surface area contributed by atoms with Gasteiger partial charge in [-0.1, -0.05) is 111 Å². The Morgan fingerprint density at radius 3 is 2.02 bits per heavy atom. The fourth-order valence-electron chi connectivity index (χ4n) is 5.49. The molecule has 1 aliphatic carbocycles. The topological polar surface area (TPSA) is 137 Å². The average molecular weight is 793 g/mol. The Kier molecular flexibility index (Phi) is 19.2. The van der Waals surface area contributed by atoms with E-state index in [1.807, 2.05) is 0 Å². The molecule has 10 nitrogen and oxygen atoms in total. The Balaban J connectivity index is 0.00000362. The van der Waals surface area contributed by atoms with Gasteiger partial charge in [0, 0.05) is 12.6 Å². The zero-order valence-corrected chi connectivity index (χ0v) is 33.2. The van der Waals surface area contributed by atoms with Gasteiger partial charge in [-0.15, -0.1) is 0 Å². The molecule has 0 heterocycles. The van der Waals surface area contributed by atoms with E-state index in [-0.39, 0.29) is 49.3 Å². The summed E-state index contributed by atoms with van der Waals surface area (Å²) in [6, 6.07) is 14.7. The molecule has 2 aromatic carbocycles. The highest BCUT2D eigenvalue weighted by Gasteiger charge is 2.52. The fourth-order valence-corrected chi connectivity index (χ4v) is 5.49. The third kappa shape index (κ3) is 13.6. The second-order valence-corrected chi connectivity index (χ2v) is 12.7. The van der Waals surface area contributed by atoms with Crippen molar-refractivity contribution in [3.8, 4) is 0 Å². The zero-order valence-electron chi connectivity index (χ0n) is 33.2. The number of carbonyl (C=O) groups excluding carboxylic acids is 5. The smallest absolute Gasteiger partial charge is 0.412 e. The molecule has 0 saturated carbocycles. The van der Waals surface area contributed by atoms with Crippen LogP contribution in [0.2, 0.25) is 0 Å². The Bertz CT molecular complexity index is 1890. The predicted molar refractivity (Wildman–Crippen MR) is 212 cm³/mol. The number of hydrogen-bond donors (Lipinski definition) is 2. The lowest BCUT2D eigenvalue weighted by atomic mass is 9.81. The summed E-state index contributed by atoms with van der Waals surface area (Å²) in [6.45, 7) is 11.8. The number of rotatable bonds is 16. The monoisotopic (exact) mass is 792 g/mol. The zero-order chi connectivity index (χ0) is 42.6. The van der Waals surface area contributed by atoms with Crippen LogP contribution in [-0.2, 0) is 50.0 Å². The number of likely N-dealkylation sites (N-methyl/N-ethyl adjacent to an activating group) is 1. The van der Waals surface area contributed by atoms with E-state index in [1.165, 1.54) is 56.8 Å². The van der Waals surface area contributed by atoms with Gasteiger partial charge in [-0.3, -0.25) is 24.0 Å². The maximum absolute atomic E-state index is 13.4. The van der Waals surface area contributed by atoms with Crippen molar-refractivity contribution in [3.63, 3.8) is 0 Å². The summed E-state index contributed by atoms with van der Waals surface area (Å²) >= 11 is 0. The van der Waals surface area contributed by atoms with Crippen molar-refractivity contribution in [3.05, 3.63) is 137 Å². The van der Waals surface area contributed by atoms with Crippen molar-refractivity contribution >= 4 is 35.3 Å². The van der Waals surface area contributed by atoms with Crippen molar-refractivity contribution < 1.29 is 51.4 Å². The molecule has 2 aromatic rings. The van der Waals surface area contributed by atoms with Crippen molar-refractivity contribution in [1.29, 1.82) is 0 Å². The quantitative estimate of drug-likeness (QED) is 0.0580. The van der Waals surface area contributed by atoms with E-state index in [4.69, 9.17) is 14.2 Å². The van der Waals surface area contributed by atoms with E-state index in [9.17, 15) is 37.1 Å². The lowest BCUT2D eigenvalue weighted by molar-refractivity contribution is -0.170. The predicted octanol–water partition coefficient (Wildman–Crippen LogP) is 7.72. The lowest BCUT2D eigenvalue weighted by Gasteiger charge is -2.29. The highest BCUT2D eigenvalue weighted by atomic mass is 19.4. The Morgan fingerprint density at radius 2 is 1.46 bits per heavy atom. The van der Waals surface area contributed by atoms with Crippen LogP contribution in [-0.4, -0.2) is 62.8 Å². The molecule has 3 rings (SSSR count). The van der Waals surface area contributed by atoms with Gasteiger partial charge in [-0.2, -0.15) is 13.2 Å². The van der Waals surface area contributed by atoms with Crippen LogP contribution in [0.15, 0.2) is 120 Å². The molecule has 2 amide bonds. The molecule has 57 heavy (non-hydrogen) atoms. The van der Waals surface area contributed by atoms with Crippen LogP contribution in [0, 0.1) is 0 Å². The van der Waals surface area contributed by atoms with Gasteiger partial charge in [0.2, 0.25) is 11.3 Å². The fraction of sp³-hybridized carbons (Fsp3) is 0.341. The molecule has 0 spiro atoms. The van der Waals surface area contributed by atoms with Gasteiger partial charge in [-0.25, -0.2) is 0 Å². The average Bonchev–Trinajstić information content (AvgIpc) is 3.44. The molecular formula is C44H51F3N2O8. The van der Waals surface area contributed by atoms with E-state index in [2.05, 4.69) is 31.1 Å². The molecule has 1 aliphatic rings. The molecule has 0 aromatic heterocycles. The van der Waals surface area contributed by atoms with E-state index in [1.54, 1.807) is 62.4 Å². The first-order chi connectivity index (χ1) is 27.1. The molecule has 0 saturated heterocycles. The van der Waals surface area contributed by atoms with Crippen molar-refractivity contribution in [1.82, 2.24) is 10.6 Å². The van der Waals surface area contributed by atoms with E-state index in [0.29, 0.717) is 22.3 Å². The summed E-state index contributed by atoms with van der Waals surface area (Å²) < 4.78 is 55.8. The van der Waals surface area contributed by atoms with Gasteiger partial charge in [0.1, 0.15) is 6.61 Å². The van der Waals surface area contributed by atoms with Crippen LogP contribution in [0.3, 0.4) is 0 Å². The van der Waals surface area contributed by atoms with Gasteiger partial charge < -0.3 is 24.8 Å². The molecule has 0 radical (unpaired) electrons. The van der Waals surface area contributed by atoms with Gasteiger partial charge in [0.25, 0.3) is 5.91 Å². The van der Waals surface area contributed by atoms with E-state index >= 15 is 0 Å². The molecule has 306 valence electrons. The summed E-state index contributed by atoms with van der Waals surface area (Å²) in [4.78, 5) is 66.1. The summed E-state index contributed by atoms with van der Waals surface area (Å²) in [5.74, 6) is -3.92. The first kappa shape index (κ1) is 47.2. The number of amides is 2. The van der Waals surface area contributed by atoms with Crippen LogP contribution in [0.25, 0.3) is 5.57 Å². The molecule has 0 aliphatic heterocycles. The molecule has 0 atom stereocenters. The van der Waals surface area contributed by atoms with Gasteiger partial charge >= 0.3 is 24.1 Å². The molecule has 2 N–H and O–H groups in total. The summed E-state index contributed by atoms with van der Waals surface area (Å²) in [5.41, 5.74) is -0.751. The number of carbonyl (C=O) groups is 5. The van der Waals surface area contributed by atoms with Crippen LogP contribution in [0.5, 0.6) is 0 Å². The van der Waals surface area contributed by atoms with Gasteiger partial charge in [0.15, 0.2) is 0 Å². The van der Waals surface area contributed by atoms with Crippen LogP contribution >= 0.6 is 0 Å². The van der Waals surface area contributed by atoms with E-state index in [0.717, 1.165) is 6.08 Å². The number of hydrogen-bond acceptors (Lipinski definition) is 8. The number of halogens is 3. The normalized spacial score (nSPS) is 13.2. The Labute approximate surface area is 332 Å². The third-order valence-corrected chi connectivity index (χ3v) is 8.16. The maximum Gasteiger partial charge on any atom is 0.412 e. The van der Waals surface area contributed by atoms with Crippen LogP contribution in [0.1, 0.15) is 70.6 Å². The minimum Gasteiger partial charge on any atom is -0.465 e. The Hall–Kier alpha value is -5.98. The lowest BCUT2D eigenvalue weighted by Crippen LogP contribution is -2.50. The van der Waals surface area contributed by atoms with Gasteiger partial charge in [0.05, 0.1) is 37.3 Å². The summed E-state index contributed by atoms with van der Waals surface area (Å²) in [7, 11) is 1.37. The highest BCUT2D eigenvalue weighted by Crippen LogP contribution is 2.33. The third-order valence-electron chi connectivity index (χ3n) is 8.16. The number of benzene rings is 2. The second kappa shape index (κ2) is 23.2. The number of allylic oxidation sites excluding steroid dienone is 7. The van der Waals surface area contributed by atoms with Crippen LogP contribution < -0.4 is 10.6 Å². The van der Waals surface area contributed by atoms with Crippen molar-refractivity contribution in [2.24, 2.45) is 0 Å². The number of alkyl halides is 3. The minimum atomic E-state index is -4.47. The van der Waals surface area contributed by atoms with Crippen molar-refractivity contribution in [2.45, 2.75) is 71.9 Å². The highest BCUT2D eigenvalue weighted by molar-refractivity contribution is 6.07. The number of ether oxygens (including phenoxy) is 3. The van der Waals surface area contributed by atoms with Crippen LogP contribution in [0.4, 0.5) is 13.2 Å². The number of nitrogens with one attached hydrogen (secondary N) is 2. The van der Waals surface area contributed by atoms with Gasteiger partial charge in [-0.05, 0) is 61.6 Å². The molecule has 0 bridgehead atoms.